The van der Waals surface area contributed by atoms with Crippen LogP contribution in [0, 0.1) is 5.82 Å². The molecule has 31 heavy (non-hydrogen) atoms. The van der Waals surface area contributed by atoms with E-state index < -0.39 is 23.1 Å². The maximum absolute atomic E-state index is 14.6. The van der Waals surface area contributed by atoms with Crippen molar-refractivity contribution in [2.24, 2.45) is 0 Å². The monoisotopic (exact) mass is 426 g/mol. The summed E-state index contributed by atoms with van der Waals surface area (Å²) in [6, 6.07) is 7.60. The fourth-order valence-electron chi connectivity index (χ4n) is 3.76. The van der Waals surface area contributed by atoms with Crippen LogP contribution in [0.2, 0.25) is 0 Å². The lowest BCUT2D eigenvalue weighted by molar-refractivity contribution is -0.137. The Morgan fingerprint density at radius 1 is 1.10 bits per heavy atom. The molecule has 2 aromatic heterocycles. The maximum atomic E-state index is 14.6. The van der Waals surface area contributed by atoms with Gasteiger partial charge < -0.3 is 4.57 Å². The Balaban J connectivity index is 1.59. The highest BCUT2D eigenvalue weighted by Gasteiger charge is 2.31. The third-order valence-corrected chi connectivity index (χ3v) is 5.27. The average Bonchev–Trinajstić information content (AvgIpc) is 3.38. The number of halogens is 4. The van der Waals surface area contributed by atoms with Gasteiger partial charge in [0, 0.05) is 18.9 Å². The first kappa shape index (κ1) is 19.2. The fourth-order valence-corrected chi connectivity index (χ4v) is 3.76. The summed E-state index contributed by atoms with van der Waals surface area (Å²) >= 11 is 0. The molecule has 0 fully saturated rings. The van der Waals surface area contributed by atoms with Gasteiger partial charge in [0.1, 0.15) is 11.6 Å². The summed E-state index contributed by atoms with van der Waals surface area (Å²) in [5, 5.41) is 0.133. The Kier molecular flexibility index (Phi) is 4.28. The number of benzene rings is 2. The molecule has 0 saturated heterocycles. The predicted molar refractivity (Wildman–Crippen MR) is 107 cm³/mol. The molecular weight excluding hydrogens is 412 g/mol. The van der Waals surface area contributed by atoms with Crippen molar-refractivity contribution in [1.29, 1.82) is 0 Å². The van der Waals surface area contributed by atoms with Crippen LogP contribution in [0.4, 0.5) is 17.6 Å². The van der Waals surface area contributed by atoms with Gasteiger partial charge in [-0.15, -0.1) is 0 Å². The van der Waals surface area contributed by atoms with Crippen molar-refractivity contribution >= 4 is 22.6 Å². The molecule has 0 radical (unpaired) electrons. The van der Waals surface area contributed by atoms with E-state index in [-0.39, 0.29) is 10.9 Å². The second kappa shape index (κ2) is 6.90. The number of rotatable bonds is 2. The van der Waals surface area contributed by atoms with Crippen LogP contribution in [0.25, 0.3) is 28.2 Å². The van der Waals surface area contributed by atoms with E-state index in [1.807, 2.05) is 0 Å². The standard InChI is InChI=1S/C22H14F4N4O/c23-17-10-13(1-4-19(17)29-8-6-27-12-29)9-14-5-7-30-20(14)28-18-11-15(22(24,25)26)2-3-16(18)21(30)31/h1-4,6,8-12H,5,7H2/b14-9+. The van der Waals surface area contributed by atoms with Gasteiger partial charge >= 0.3 is 6.18 Å². The normalized spacial score (nSPS) is 15.0. The molecule has 1 aliphatic rings. The van der Waals surface area contributed by atoms with E-state index in [9.17, 15) is 22.4 Å². The lowest BCUT2D eigenvalue weighted by Crippen LogP contribution is -2.21. The van der Waals surface area contributed by atoms with E-state index in [0.717, 1.165) is 18.2 Å². The molecule has 0 atom stereocenters. The minimum atomic E-state index is -4.53. The van der Waals surface area contributed by atoms with Crippen LogP contribution in [0.5, 0.6) is 0 Å². The molecule has 0 aliphatic carbocycles. The van der Waals surface area contributed by atoms with Crippen LogP contribution in [-0.4, -0.2) is 19.1 Å². The first-order valence-corrected chi connectivity index (χ1v) is 9.42. The number of aromatic nitrogens is 4. The summed E-state index contributed by atoms with van der Waals surface area (Å²) in [6.45, 7) is 0.361. The minimum Gasteiger partial charge on any atom is -0.303 e. The van der Waals surface area contributed by atoms with Gasteiger partial charge in [0.2, 0.25) is 0 Å². The third kappa shape index (κ3) is 3.31. The molecule has 0 amide bonds. The summed E-state index contributed by atoms with van der Waals surface area (Å²) in [5.74, 6) is -0.153. The van der Waals surface area contributed by atoms with E-state index in [1.54, 1.807) is 35.2 Å². The number of hydrogen-bond donors (Lipinski definition) is 0. The molecule has 2 aromatic carbocycles. The van der Waals surface area contributed by atoms with Gasteiger partial charge in [-0.1, -0.05) is 6.07 Å². The number of alkyl halides is 3. The Morgan fingerprint density at radius 3 is 2.65 bits per heavy atom. The van der Waals surface area contributed by atoms with E-state index in [1.165, 1.54) is 17.0 Å². The molecule has 4 aromatic rings. The van der Waals surface area contributed by atoms with Crippen molar-refractivity contribution in [2.75, 3.05) is 0 Å². The highest BCUT2D eigenvalue weighted by Crippen LogP contribution is 2.32. The maximum Gasteiger partial charge on any atom is 0.416 e. The number of fused-ring (bicyclic) bond motifs is 2. The van der Waals surface area contributed by atoms with Gasteiger partial charge in [-0.2, -0.15) is 13.2 Å². The molecule has 0 saturated carbocycles. The molecule has 0 N–H and O–H groups in total. The lowest BCUT2D eigenvalue weighted by Gasteiger charge is -2.09. The number of nitrogens with zero attached hydrogens (tertiary/aromatic N) is 4. The molecule has 9 heteroatoms. The van der Waals surface area contributed by atoms with Crippen molar-refractivity contribution in [2.45, 2.75) is 19.1 Å². The third-order valence-electron chi connectivity index (χ3n) is 5.27. The van der Waals surface area contributed by atoms with Crippen LogP contribution in [0.15, 0.2) is 59.9 Å². The summed E-state index contributed by atoms with van der Waals surface area (Å²) in [6.07, 6.45) is 2.29. The summed E-state index contributed by atoms with van der Waals surface area (Å²) < 4.78 is 56.7. The number of hydrogen-bond acceptors (Lipinski definition) is 3. The quantitative estimate of drug-likeness (QED) is 0.437. The number of allylic oxidation sites excluding steroid dienone is 1. The highest BCUT2D eigenvalue weighted by atomic mass is 19.4. The molecule has 1 aliphatic heterocycles. The van der Waals surface area contributed by atoms with Crippen molar-refractivity contribution < 1.29 is 17.6 Å². The molecule has 0 spiro atoms. The van der Waals surface area contributed by atoms with Gasteiger partial charge in [-0.25, -0.2) is 14.4 Å². The molecular formula is C22H14F4N4O. The molecule has 156 valence electrons. The molecule has 0 bridgehead atoms. The molecule has 5 nitrogen and oxygen atoms in total. The summed E-state index contributed by atoms with van der Waals surface area (Å²) in [5.41, 5.74) is 0.290. The number of imidazole rings is 1. The largest absolute Gasteiger partial charge is 0.416 e. The van der Waals surface area contributed by atoms with Crippen LogP contribution in [-0.2, 0) is 12.7 Å². The van der Waals surface area contributed by atoms with Crippen LogP contribution in [0.3, 0.4) is 0 Å². The molecule has 0 unspecified atom stereocenters. The SMILES string of the molecule is O=c1c2ccc(C(F)(F)F)cc2nc2n1CC/C2=C\c1ccc(-n2ccnc2)c(F)c1. The summed E-state index contributed by atoms with van der Waals surface area (Å²) in [4.78, 5) is 21.0. The Labute approximate surface area is 172 Å². The van der Waals surface area contributed by atoms with Crippen molar-refractivity contribution in [3.8, 4) is 5.69 Å². The molecule has 5 rings (SSSR count). The Morgan fingerprint density at radius 2 is 1.94 bits per heavy atom. The second-order valence-electron chi connectivity index (χ2n) is 7.22. The predicted octanol–water partition coefficient (Wildman–Crippen LogP) is 4.68. The second-order valence-corrected chi connectivity index (χ2v) is 7.22. The average molecular weight is 426 g/mol. The fraction of sp³-hybridized carbons (Fsp3) is 0.136. The molecule has 3 heterocycles. The first-order chi connectivity index (χ1) is 14.8. The zero-order valence-electron chi connectivity index (χ0n) is 15.9. The van der Waals surface area contributed by atoms with Crippen LogP contribution in [0.1, 0.15) is 23.4 Å². The van der Waals surface area contributed by atoms with Gasteiger partial charge in [-0.05, 0) is 54.0 Å². The van der Waals surface area contributed by atoms with Gasteiger partial charge in [0.15, 0.2) is 0 Å². The smallest absolute Gasteiger partial charge is 0.303 e. The minimum absolute atomic E-state index is 0.0134. The zero-order chi connectivity index (χ0) is 21.8. The van der Waals surface area contributed by atoms with E-state index in [4.69, 9.17) is 0 Å². The lowest BCUT2D eigenvalue weighted by atomic mass is 10.1. The topological polar surface area (TPSA) is 52.7 Å². The van der Waals surface area contributed by atoms with E-state index in [2.05, 4.69) is 9.97 Å². The zero-order valence-corrected chi connectivity index (χ0v) is 15.9. The van der Waals surface area contributed by atoms with Crippen molar-refractivity contribution in [3.05, 3.63) is 88.2 Å². The van der Waals surface area contributed by atoms with Crippen LogP contribution < -0.4 is 5.56 Å². The van der Waals surface area contributed by atoms with E-state index in [0.29, 0.717) is 35.6 Å². The Bertz CT molecular complexity index is 1400. The Hall–Kier alpha value is -3.75. The van der Waals surface area contributed by atoms with Gasteiger partial charge in [0.05, 0.1) is 28.5 Å². The van der Waals surface area contributed by atoms with Crippen LogP contribution >= 0.6 is 0 Å². The van der Waals surface area contributed by atoms with E-state index >= 15 is 0 Å². The van der Waals surface area contributed by atoms with Gasteiger partial charge in [-0.3, -0.25) is 9.36 Å². The first-order valence-electron chi connectivity index (χ1n) is 9.42. The van der Waals surface area contributed by atoms with Crippen molar-refractivity contribution in [1.82, 2.24) is 19.1 Å². The summed E-state index contributed by atoms with van der Waals surface area (Å²) in [7, 11) is 0. The van der Waals surface area contributed by atoms with Crippen molar-refractivity contribution in [3.63, 3.8) is 0 Å². The highest BCUT2D eigenvalue weighted by molar-refractivity contribution is 5.85. The van der Waals surface area contributed by atoms with Gasteiger partial charge in [0.25, 0.3) is 5.56 Å².